The van der Waals surface area contributed by atoms with Gasteiger partial charge in [0, 0.05) is 24.8 Å². The molecule has 1 aromatic carbocycles. The quantitative estimate of drug-likeness (QED) is 0.820. The number of carbonyl (C=O) groups excluding carboxylic acids is 2. The highest BCUT2D eigenvalue weighted by molar-refractivity contribution is 5.93. The first-order valence-electron chi connectivity index (χ1n) is 9.93. The van der Waals surface area contributed by atoms with E-state index in [-0.39, 0.29) is 18.0 Å². The molecule has 3 aliphatic rings. The van der Waals surface area contributed by atoms with Gasteiger partial charge in [0.1, 0.15) is 5.54 Å². The number of nitrogens with zero attached hydrogens (tertiary/aromatic N) is 3. The van der Waals surface area contributed by atoms with Crippen LogP contribution in [-0.4, -0.2) is 73.2 Å². The van der Waals surface area contributed by atoms with Crippen LogP contribution in [0.4, 0.5) is 10.5 Å². The maximum absolute atomic E-state index is 12.7. The van der Waals surface area contributed by atoms with Gasteiger partial charge in [-0.05, 0) is 58.0 Å². The van der Waals surface area contributed by atoms with Crippen LogP contribution in [0.15, 0.2) is 30.3 Å². The van der Waals surface area contributed by atoms with Crippen molar-refractivity contribution in [3.63, 3.8) is 0 Å². The number of nitrogens with one attached hydrogen (secondary N) is 2. The zero-order valence-electron chi connectivity index (χ0n) is 16.0. The first-order chi connectivity index (χ1) is 13.1. The Balaban J connectivity index is 1.38. The van der Waals surface area contributed by atoms with Crippen molar-refractivity contribution in [3.8, 4) is 0 Å². The summed E-state index contributed by atoms with van der Waals surface area (Å²) in [6.45, 7) is 3.80. The van der Waals surface area contributed by atoms with Crippen molar-refractivity contribution in [2.45, 2.75) is 37.3 Å². The molecule has 27 heavy (non-hydrogen) atoms. The highest BCUT2D eigenvalue weighted by Gasteiger charge is 2.50. The Kier molecular flexibility index (Phi) is 4.95. The van der Waals surface area contributed by atoms with Crippen molar-refractivity contribution in [3.05, 3.63) is 30.3 Å². The highest BCUT2D eigenvalue weighted by Crippen LogP contribution is 2.36. The zero-order chi connectivity index (χ0) is 18.9. The first-order valence-corrected chi connectivity index (χ1v) is 9.93. The molecule has 0 aliphatic carbocycles. The predicted octanol–water partition coefficient (Wildman–Crippen LogP) is 1.22. The number of amides is 3. The van der Waals surface area contributed by atoms with Crippen molar-refractivity contribution in [2.24, 2.45) is 0 Å². The molecule has 0 atom stereocenters. The van der Waals surface area contributed by atoms with Gasteiger partial charge in [0.15, 0.2) is 0 Å². The average Bonchev–Trinajstić information content (AvgIpc) is 3.01. The lowest BCUT2D eigenvalue weighted by molar-refractivity contribution is -0.124. The van der Waals surface area contributed by atoms with Gasteiger partial charge in [0.25, 0.3) is 0 Å². The summed E-state index contributed by atoms with van der Waals surface area (Å²) in [5, 5.41) is 6.19. The molecule has 3 saturated heterocycles. The molecular formula is C20H29N5O2. The Labute approximate surface area is 160 Å². The van der Waals surface area contributed by atoms with Gasteiger partial charge in [0.2, 0.25) is 5.91 Å². The minimum Gasteiger partial charge on any atom is -0.339 e. The average molecular weight is 371 g/mol. The summed E-state index contributed by atoms with van der Waals surface area (Å²) in [6, 6.07) is 10.3. The maximum Gasteiger partial charge on any atom is 0.317 e. The Morgan fingerprint density at radius 1 is 1.11 bits per heavy atom. The van der Waals surface area contributed by atoms with Crippen molar-refractivity contribution in [1.82, 2.24) is 20.4 Å². The van der Waals surface area contributed by atoms with Crippen LogP contribution in [0.2, 0.25) is 0 Å². The summed E-state index contributed by atoms with van der Waals surface area (Å²) in [5.41, 5.74) is 0.520. The Morgan fingerprint density at radius 2 is 1.78 bits per heavy atom. The van der Waals surface area contributed by atoms with Crippen LogP contribution in [0.3, 0.4) is 0 Å². The van der Waals surface area contributed by atoms with Gasteiger partial charge in [-0.15, -0.1) is 0 Å². The molecule has 4 rings (SSSR count). The summed E-state index contributed by atoms with van der Waals surface area (Å²) in [6.07, 6.45) is 3.33. The Bertz CT molecular complexity index is 679. The third kappa shape index (κ3) is 3.48. The molecule has 2 N–H and O–H groups in total. The molecule has 0 saturated carbocycles. The van der Waals surface area contributed by atoms with Gasteiger partial charge in [-0.2, -0.15) is 0 Å². The standard InChI is InChI=1S/C20H29N5O2/c1-23-11-7-16(8-12-23)22-19(27)24-13-9-20(10-14-24)18(26)21-15-25(20)17-5-3-2-4-6-17/h2-6,16H,7-15H2,1H3,(H,21,26)(H,22,27). The second-order valence-corrected chi connectivity index (χ2v) is 7.97. The topological polar surface area (TPSA) is 67.9 Å². The van der Waals surface area contributed by atoms with Gasteiger partial charge in [-0.1, -0.05) is 18.2 Å². The monoisotopic (exact) mass is 371 g/mol. The fraction of sp³-hybridized carbons (Fsp3) is 0.600. The third-order valence-electron chi connectivity index (χ3n) is 6.33. The van der Waals surface area contributed by atoms with E-state index in [0.29, 0.717) is 32.6 Å². The van der Waals surface area contributed by atoms with Crippen LogP contribution < -0.4 is 15.5 Å². The molecule has 1 spiro atoms. The fourth-order valence-corrected chi connectivity index (χ4v) is 4.53. The van der Waals surface area contributed by atoms with Crippen LogP contribution in [0, 0.1) is 0 Å². The lowest BCUT2D eigenvalue weighted by atomic mass is 9.85. The molecule has 3 amide bonds. The molecule has 7 nitrogen and oxygen atoms in total. The minimum atomic E-state index is -0.536. The molecule has 0 bridgehead atoms. The van der Waals surface area contributed by atoms with Crippen LogP contribution in [0.5, 0.6) is 0 Å². The number of urea groups is 1. The Morgan fingerprint density at radius 3 is 2.44 bits per heavy atom. The van der Waals surface area contributed by atoms with Crippen molar-refractivity contribution >= 4 is 17.6 Å². The number of hydrogen-bond acceptors (Lipinski definition) is 4. The highest BCUT2D eigenvalue weighted by atomic mass is 16.2. The van der Waals surface area contributed by atoms with Gasteiger partial charge in [-0.25, -0.2) is 4.79 Å². The van der Waals surface area contributed by atoms with Gasteiger partial charge >= 0.3 is 6.03 Å². The first kappa shape index (κ1) is 18.1. The molecule has 7 heteroatoms. The zero-order valence-corrected chi connectivity index (χ0v) is 16.0. The molecule has 3 aliphatic heterocycles. The number of carbonyl (C=O) groups is 2. The van der Waals surface area contributed by atoms with E-state index in [9.17, 15) is 9.59 Å². The second kappa shape index (κ2) is 7.38. The van der Waals surface area contributed by atoms with E-state index >= 15 is 0 Å². The minimum absolute atomic E-state index is 0.0177. The third-order valence-corrected chi connectivity index (χ3v) is 6.33. The number of benzene rings is 1. The Hall–Kier alpha value is -2.28. The van der Waals surface area contributed by atoms with E-state index in [4.69, 9.17) is 0 Å². The SMILES string of the molecule is CN1CCC(NC(=O)N2CCC3(CC2)C(=O)NCN3c2ccccc2)CC1. The second-order valence-electron chi connectivity index (χ2n) is 7.97. The summed E-state index contributed by atoms with van der Waals surface area (Å²) < 4.78 is 0. The van der Waals surface area contributed by atoms with Crippen molar-refractivity contribution in [2.75, 3.05) is 44.8 Å². The van der Waals surface area contributed by atoms with E-state index in [1.165, 1.54) is 0 Å². The van der Waals surface area contributed by atoms with Crippen LogP contribution >= 0.6 is 0 Å². The summed E-state index contributed by atoms with van der Waals surface area (Å²) in [7, 11) is 2.12. The van der Waals surface area contributed by atoms with Gasteiger partial charge in [0.05, 0.1) is 6.67 Å². The molecule has 3 heterocycles. The van der Waals surface area contributed by atoms with E-state index in [2.05, 4.69) is 27.5 Å². The number of anilines is 1. The molecular weight excluding hydrogens is 342 g/mol. The number of rotatable bonds is 2. The largest absolute Gasteiger partial charge is 0.339 e. The number of piperidine rings is 2. The van der Waals surface area contributed by atoms with Crippen LogP contribution in [0.25, 0.3) is 0 Å². The number of para-hydroxylation sites is 1. The number of hydrogen-bond donors (Lipinski definition) is 2. The molecule has 3 fully saturated rings. The smallest absolute Gasteiger partial charge is 0.317 e. The molecule has 0 radical (unpaired) electrons. The predicted molar refractivity (Wildman–Crippen MR) is 105 cm³/mol. The fourth-order valence-electron chi connectivity index (χ4n) is 4.53. The summed E-state index contributed by atoms with van der Waals surface area (Å²) >= 11 is 0. The lowest BCUT2D eigenvalue weighted by Crippen LogP contribution is -2.59. The van der Waals surface area contributed by atoms with Gasteiger partial charge < -0.3 is 25.3 Å². The van der Waals surface area contributed by atoms with E-state index in [0.717, 1.165) is 31.6 Å². The van der Waals surface area contributed by atoms with E-state index < -0.39 is 5.54 Å². The van der Waals surface area contributed by atoms with Crippen LogP contribution in [0.1, 0.15) is 25.7 Å². The van der Waals surface area contributed by atoms with Gasteiger partial charge in [-0.3, -0.25) is 4.79 Å². The summed E-state index contributed by atoms with van der Waals surface area (Å²) in [5.74, 6) is 0.0849. The maximum atomic E-state index is 12.7. The summed E-state index contributed by atoms with van der Waals surface area (Å²) in [4.78, 5) is 31.7. The van der Waals surface area contributed by atoms with E-state index in [1.54, 1.807) is 0 Å². The van der Waals surface area contributed by atoms with Crippen LogP contribution in [-0.2, 0) is 4.79 Å². The normalized spacial score (nSPS) is 23.5. The van der Waals surface area contributed by atoms with E-state index in [1.807, 2.05) is 35.2 Å². The van der Waals surface area contributed by atoms with Crippen molar-refractivity contribution in [1.29, 1.82) is 0 Å². The molecule has 146 valence electrons. The number of likely N-dealkylation sites (tertiary alicyclic amines) is 2. The lowest BCUT2D eigenvalue weighted by Gasteiger charge is -2.43. The molecule has 1 aromatic rings. The molecule has 0 aromatic heterocycles. The van der Waals surface area contributed by atoms with Crippen molar-refractivity contribution < 1.29 is 9.59 Å². The molecule has 0 unspecified atom stereocenters.